The fourth-order valence-corrected chi connectivity index (χ4v) is 6.07. The second-order valence-corrected chi connectivity index (χ2v) is 12.3. The average Bonchev–Trinajstić information content (AvgIpc) is 3.82. The number of fused-ring (bicyclic) bond motifs is 1. The highest BCUT2D eigenvalue weighted by Crippen LogP contribution is 2.58. The maximum atomic E-state index is 14.2. The summed E-state index contributed by atoms with van der Waals surface area (Å²) in [6, 6.07) is 17.0. The topological polar surface area (TPSA) is 114 Å². The summed E-state index contributed by atoms with van der Waals surface area (Å²) in [5.41, 5.74) is -0.738. The summed E-state index contributed by atoms with van der Waals surface area (Å²) in [7, 11) is 0. The van der Waals surface area contributed by atoms with Gasteiger partial charge in [-0.05, 0) is 50.1 Å². The zero-order valence-corrected chi connectivity index (χ0v) is 26.3. The first-order chi connectivity index (χ1) is 23.5. The number of piperidine rings is 1. The number of likely N-dealkylation sites (tertiary alicyclic amines) is 1. The predicted molar refractivity (Wildman–Crippen MR) is 173 cm³/mol. The Hall–Kier alpha value is -5.53. The van der Waals surface area contributed by atoms with Crippen molar-refractivity contribution in [3.8, 4) is 11.6 Å². The van der Waals surface area contributed by atoms with Gasteiger partial charge in [0.2, 0.25) is 5.88 Å². The van der Waals surface area contributed by atoms with E-state index < -0.39 is 23.4 Å². The van der Waals surface area contributed by atoms with Gasteiger partial charge in [-0.25, -0.2) is 18.9 Å². The standard InChI is InChI=1S/C35H31F4N7O3/c1-21-10-11-22(19-40-21)46-30(18-29(44-46)34(14-15-34)35(37,38)39)43-33(48)42-28-20-41-31(25-7-3-2-6-24(25)28)49-23-12-16-45(17-13-23)32(47)26-8-4-5-9-27(26)36/h2-11,18-20,23H,12-17H2,1H3,(H2,42,43,48). The highest BCUT2D eigenvalue weighted by molar-refractivity contribution is 6.06. The molecule has 0 atom stereocenters. The number of pyridine rings is 2. The van der Waals surface area contributed by atoms with Gasteiger partial charge in [0, 0.05) is 48.5 Å². The van der Waals surface area contributed by atoms with Gasteiger partial charge in [-0.3, -0.25) is 15.1 Å². The third kappa shape index (κ3) is 6.25. The molecule has 1 aliphatic carbocycles. The van der Waals surface area contributed by atoms with Crippen LogP contribution in [0.15, 0.2) is 79.1 Å². The van der Waals surface area contributed by atoms with E-state index in [9.17, 15) is 27.2 Å². The van der Waals surface area contributed by atoms with Crippen LogP contribution in [0.25, 0.3) is 16.5 Å². The summed E-state index contributed by atoms with van der Waals surface area (Å²) in [5, 5.41) is 10.9. The molecular formula is C35H31F4N7O3. The number of urea groups is 1. The zero-order valence-electron chi connectivity index (χ0n) is 26.3. The van der Waals surface area contributed by atoms with E-state index in [0.29, 0.717) is 59.7 Å². The van der Waals surface area contributed by atoms with Crippen LogP contribution in [0.5, 0.6) is 5.88 Å². The lowest BCUT2D eigenvalue weighted by atomic mass is 10.0. The second kappa shape index (κ2) is 12.5. The largest absolute Gasteiger partial charge is 0.474 e. The van der Waals surface area contributed by atoms with Crippen LogP contribution in [-0.4, -0.2) is 62.0 Å². The molecule has 14 heteroatoms. The number of carbonyl (C=O) groups excluding carboxylic acids is 2. The fourth-order valence-electron chi connectivity index (χ4n) is 6.07. The van der Waals surface area contributed by atoms with Gasteiger partial charge in [0.1, 0.15) is 23.2 Å². The third-order valence-electron chi connectivity index (χ3n) is 8.99. The third-order valence-corrected chi connectivity index (χ3v) is 8.99. The summed E-state index contributed by atoms with van der Waals surface area (Å²) < 4.78 is 63.6. The first kappa shape index (κ1) is 32.0. The number of halogens is 4. The number of benzene rings is 2. The van der Waals surface area contributed by atoms with Crippen LogP contribution in [0, 0.1) is 12.7 Å². The molecule has 10 nitrogen and oxygen atoms in total. The van der Waals surface area contributed by atoms with Gasteiger partial charge in [-0.2, -0.15) is 18.3 Å². The second-order valence-electron chi connectivity index (χ2n) is 12.3. The SMILES string of the molecule is Cc1ccc(-n2nc(C3(C(F)(F)F)CC3)cc2NC(=O)Nc2cnc(OC3CCN(C(=O)c4ccccc4F)CC3)c3ccccc23)cn1. The quantitative estimate of drug-likeness (QED) is 0.177. The maximum Gasteiger partial charge on any atom is 0.400 e. The van der Waals surface area contributed by atoms with Gasteiger partial charge >= 0.3 is 12.2 Å². The minimum absolute atomic E-state index is 0.0341. The van der Waals surface area contributed by atoms with Gasteiger partial charge in [0.05, 0.1) is 35.0 Å². The average molecular weight is 674 g/mol. The molecule has 0 unspecified atom stereocenters. The van der Waals surface area contributed by atoms with Gasteiger partial charge in [0.15, 0.2) is 0 Å². The van der Waals surface area contributed by atoms with Crippen molar-refractivity contribution in [2.75, 3.05) is 23.7 Å². The molecule has 1 saturated carbocycles. The summed E-state index contributed by atoms with van der Waals surface area (Å²) in [6.07, 6.45) is -0.945. The zero-order chi connectivity index (χ0) is 34.3. The van der Waals surface area contributed by atoms with E-state index in [0.717, 1.165) is 0 Å². The van der Waals surface area contributed by atoms with Crippen LogP contribution >= 0.6 is 0 Å². The van der Waals surface area contributed by atoms with Crippen LogP contribution < -0.4 is 15.4 Å². The summed E-state index contributed by atoms with van der Waals surface area (Å²) in [5.74, 6) is -0.533. The van der Waals surface area contributed by atoms with Crippen molar-refractivity contribution in [3.05, 3.63) is 102 Å². The monoisotopic (exact) mass is 673 g/mol. The van der Waals surface area contributed by atoms with Crippen LogP contribution in [-0.2, 0) is 5.41 Å². The molecule has 1 aliphatic heterocycles. The number of hydrogen-bond acceptors (Lipinski definition) is 6. The summed E-state index contributed by atoms with van der Waals surface area (Å²) >= 11 is 0. The molecule has 5 aromatic rings. The van der Waals surface area contributed by atoms with E-state index in [-0.39, 0.29) is 41.9 Å². The van der Waals surface area contributed by atoms with Crippen LogP contribution in [0.4, 0.5) is 33.9 Å². The Morgan fingerprint density at radius 1 is 0.918 bits per heavy atom. The van der Waals surface area contributed by atoms with Crippen molar-refractivity contribution in [1.29, 1.82) is 0 Å². The number of amides is 3. The molecule has 0 spiro atoms. The lowest BCUT2D eigenvalue weighted by Gasteiger charge is -2.32. The smallest absolute Gasteiger partial charge is 0.400 e. The van der Waals surface area contributed by atoms with Gasteiger partial charge in [-0.15, -0.1) is 0 Å². The first-order valence-corrected chi connectivity index (χ1v) is 15.8. The molecule has 3 aromatic heterocycles. The van der Waals surface area contributed by atoms with Crippen LogP contribution in [0.3, 0.4) is 0 Å². The maximum absolute atomic E-state index is 14.2. The van der Waals surface area contributed by atoms with Crippen molar-refractivity contribution in [1.82, 2.24) is 24.6 Å². The van der Waals surface area contributed by atoms with Crippen molar-refractivity contribution >= 4 is 34.2 Å². The highest BCUT2D eigenvalue weighted by Gasteiger charge is 2.66. The molecule has 2 aromatic carbocycles. The Morgan fingerprint density at radius 2 is 1.63 bits per heavy atom. The Kier molecular flexibility index (Phi) is 8.17. The number of anilines is 2. The van der Waals surface area contributed by atoms with E-state index in [1.165, 1.54) is 41.3 Å². The lowest BCUT2D eigenvalue weighted by Crippen LogP contribution is -2.42. The Bertz CT molecular complexity index is 2040. The number of rotatable bonds is 7. The number of carbonyl (C=O) groups is 2. The molecule has 49 heavy (non-hydrogen) atoms. The minimum atomic E-state index is -4.48. The molecule has 2 N–H and O–H groups in total. The number of aryl methyl sites for hydroxylation is 1. The Balaban J connectivity index is 1.07. The van der Waals surface area contributed by atoms with Crippen LogP contribution in [0.2, 0.25) is 0 Å². The Morgan fingerprint density at radius 3 is 2.31 bits per heavy atom. The summed E-state index contributed by atoms with van der Waals surface area (Å²) in [4.78, 5) is 36.5. The van der Waals surface area contributed by atoms with Gasteiger partial charge in [-0.1, -0.05) is 30.3 Å². The molecule has 2 fully saturated rings. The van der Waals surface area contributed by atoms with E-state index in [2.05, 4.69) is 25.7 Å². The van der Waals surface area contributed by atoms with Crippen LogP contribution in [0.1, 0.15) is 47.4 Å². The predicted octanol–water partition coefficient (Wildman–Crippen LogP) is 7.18. The normalized spacial score (nSPS) is 16.0. The van der Waals surface area contributed by atoms with Gasteiger partial charge in [0.25, 0.3) is 5.91 Å². The number of ether oxygens (including phenoxy) is 1. The van der Waals surface area contributed by atoms with E-state index in [1.807, 2.05) is 0 Å². The molecule has 1 saturated heterocycles. The van der Waals surface area contributed by atoms with E-state index >= 15 is 0 Å². The molecule has 2 aliphatic rings. The molecule has 3 amide bonds. The number of alkyl halides is 3. The molecule has 4 heterocycles. The molecule has 252 valence electrons. The van der Waals surface area contributed by atoms with Gasteiger partial charge < -0.3 is 15.0 Å². The lowest BCUT2D eigenvalue weighted by molar-refractivity contribution is -0.161. The number of nitrogens with zero attached hydrogens (tertiary/aromatic N) is 5. The first-order valence-electron chi connectivity index (χ1n) is 15.8. The number of hydrogen-bond donors (Lipinski definition) is 2. The highest BCUT2D eigenvalue weighted by atomic mass is 19.4. The molecule has 0 radical (unpaired) electrons. The van der Waals surface area contributed by atoms with E-state index in [4.69, 9.17) is 4.74 Å². The van der Waals surface area contributed by atoms with Crippen molar-refractivity contribution in [2.45, 2.75) is 50.3 Å². The van der Waals surface area contributed by atoms with Crippen molar-refractivity contribution in [2.24, 2.45) is 0 Å². The summed E-state index contributed by atoms with van der Waals surface area (Å²) in [6.45, 7) is 2.55. The molecule has 7 rings (SSSR count). The minimum Gasteiger partial charge on any atom is -0.474 e. The molecule has 0 bridgehead atoms. The van der Waals surface area contributed by atoms with E-state index in [1.54, 1.807) is 54.3 Å². The van der Waals surface area contributed by atoms with Crippen molar-refractivity contribution < 1.29 is 31.9 Å². The van der Waals surface area contributed by atoms with Crippen molar-refractivity contribution in [3.63, 3.8) is 0 Å². The molecular weight excluding hydrogens is 642 g/mol. The number of nitrogens with one attached hydrogen (secondary N) is 2. The Labute approximate surface area is 278 Å². The number of aromatic nitrogens is 4. The fraction of sp³-hybridized carbons (Fsp3) is 0.286.